The number of anilines is 1. The van der Waals surface area contributed by atoms with E-state index in [2.05, 4.69) is 21.4 Å². The molecular weight excluding hydrogens is 585 g/mol. The summed E-state index contributed by atoms with van der Waals surface area (Å²) in [6.45, 7) is 0. The summed E-state index contributed by atoms with van der Waals surface area (Å²) < 4.78 is 11.6. The molecule has 8 nitrogen and oxygen atoms in total. The highest BCUT2D eigenvalue weighted by atomic mass is 79.9. The van der Waals surface area contributed by atoms with Crippen LogP contribution in [0.5, 0.6) is 11.5 Å². The van der Waals surface area contributed by atoms with Gasteiger partial charge in [-0.2, -0.15) is 0 Å². The Morgan fingerprint density at radius 2 is 1.76 bits per heavy atom. The Morgan fingerprint density at radius 3 is 2.43 bits per heavy atom. The summed E-state index contributed by atoms with van der Waals surface area (Å²) >= 11 is 15.8. The Kier molecular flexibility index (Phi) is 6.89. The van der Waals surface area contributed by atoms with Crippen LogP contribution in [0.25, 0.3) is 0 Å². The molecule has 3 amide bonds. The van der Waals surface area contributed by atoms with Crippen molar-refractivity contribution in [2.24, 2.45) is 5.92 Å². The van der Waals surface area contributed by atoms with Gasteiger partial charge in [0.25, 0.3) is 11.8 Å². The molecule has 0 unspecified atom stereocenters. The molecule has 37 heavy (non-hydrogen) atoms. The van der Waals surface area contributed by atoms with E-state index in [4.69, 9.17) is 32.7 Å². The summed E-state index contributed by atoms with van der Waals surface area (Å²) in [5.74, 6) is -1.49. The van der Waals surface area contributed by atoms with Crippen LogP contribution in [-0.4, -0.2) is 43.0 Å². The van der Waals surface area contributed by atoms with E-state index in [-0.39, 0.29) is 10.7 Å². The van der Waals surface area contributed by atoms with E-state index >= 15 is 0 Å². The normalized spacial score (nSPS) is 20.8. The summed E-state index contributed by atoms with van der Waals surface area (Å²) in [5, 5.41) is 1.73. The van der Waals surface area contributed by atoms with Crippen molar-refractivity contribution in [3.8, 4) is 11.5 Å². The lowest BCUT2D eigenvalue weighted by Crippen LogP contribution is -2.48. The number of ether oxygens (including phenoxy) is 2. The molecule has 0 aliphatic carbocycles. The van der Waals surface area contributed by atoms with E-state index < -0.39 is 35.7 Å². The van der Waals surface area contributed by atoms with Gasteiger partial charge >= 0.3 is 0 Å². The topological polar surface area (TPSA) is 88.2 Å². The van der Waals surface area contributed by atoms with Gasteiger partial charge in [0.1, 0.15) is 17.5 Å². The number of halogens is 3. The number of imide groups is 1. The SMILES string of the molecule is COc1ccc([C@@H]2NN(C(=O)c3cccc(Br)c3)[C@H]3C(=O)N(c4ccc(Cl)cc4Cl)C(=O)[C@H]23)c(OC)c1. The average molecular weight is 605 g/mol. The van der Waals surface area contributed by atoms with E-state index in [1.165, 1.54) is 31.4 Å². The minimum atomic E-state index is -1.12. The minimum Gasteiger partial charge on any atom is -0.497 e. The number of rotatable bonds is 5. The number of carbonyl (C=O) groups is 3. The number of nitrogens with one attached hydrogen (secondary N) is 1. The number of benzene rings is 3. The van der Waals surface area contributed by atoms with Crippen LogP contribution >= 0.6 is 39.1 Å². The Morgan fingerprint density at radius 1 is 0.973 bits per heavy atom. The summed E-state index contributed by atoms with van der Waals surface area (Å²) in [4.78, 5) is 42.3. The van der Waals surface area contributed by atoms with Gasteiger partial charge < -0.3 is 9.47 Å². The van der Waals surface area contributed by atoms with Gasteiger partial charge in [-0.25, -0.2) is 10.3 Å². The first-order chi connectivity index (χ1) is 17.7. The zero-order valence-corrected chi connectivity index (χ0v) is 22.7. The fourth-order valence-corrected chi connectivity index (χ4v) is 5.66. The molecule has 0 spiro atoms. The first-order valence-corrected chi connectivity index (χ1v) is 12.7. The lowest BCUT2D eigenvalue weighted by atomic mass is 9.90. The van der Waals surface area contributed by atoms with Crippen LogP contribution in [-0.2, 0) is 9.59 Å². The van der Waals surface area contributed by atoms with Gasteiger partial charge in [0.05, 0.1) is 36.9 Å². The molecule has 0 aromatic heterocycles. The molecule has 0 bridgehead atoms. The summed E-state index contributed by atoms with van der Waals surface area (Å²) in [7, 11) is 3.03. The molecule has 3 atom stereocenters. The molecule has 2 aliphatic heterocycles. The van der Waals surface area contributed by atoms with Gasteiger partial charge in [-0.1, -0.05) is 45.2 Å². The fourth-order valence-electron chi connectivity index (χ4n) is 4.77. The Hall–Kier alpha value is -3.11. The standard InChI is InChI=1S/C26H20BrCl2N3O5/c1-36-16-7-8-17(20(12-16)37-2)22-21-23(32(30-22)24(33)13-4-3-5-14(27)10-13)26(35)31(25(21)34)19-9-6-15(28)11-18(19)29/h3-12,21-23,30H,1-2H3/t21-,22+,23-/m1/s1. The molecule has 2 heterocycles. The summed E-state index contributed by atoms with van der Waals surface area (Å²) in [6, 6.07) is 14.6. The number of nitrogens with zero attached hydrogens (tertiary/aromatic N) is 2. The Bertz CT molecular complexity index is 1440. The number of methoxy groups -OCH3 is 2. The van der Waals surface area contributed by atoms with Crippen molar-refractivity contribution in [1.82, 2.24) is 10.4 Å². The van der Waals surface area contributed by atoms with Gasteiger partial charge in [0.15, 0.2) is 0 Å². The van der Waals surface area contributed by atoms with Crippen LogP contribution in [0.1, 0.15) is 22.0 Å². The number of hydrogen-bond acceptors (Lipinski definition) is 6. The van der Waals surface area contributed by atoms with E-state index in [1.807, 2.05) is 0 Å². The smallest absolute Gasteiger partial charge is 0.268 e. The molecule has 0 radical (unpaired) electrons. The van der Waals surface area contributed by atoms with E-state index in [1.54, 1.807) is 48.5 Å². The zero-order valence-electron chi connectivity index (χ0n) is 19.6. The lowest BCUT2D eigenvalue weighted by Gasteiger charge is -2.26. The second kappa shape index (κ2) is 9.98. The average Bonchev–Trinajstić information content (AvgIpc) is 3.40. The van der Waals surface area contributed by atoms with Crippen LogP contribution in [0.4, 0.5) is 5.69 Å². The van der Waals surface area contributed by atoms with E-state index in [9.17, 15) is 14.4 Å². The first kappa shape index (κ1) is 25.5. The number of fused-ring (bicyclic) bond motifs is 1. The third-order valence-electron chi connectivity index (χ3n) is 6.45. The van der Waals surface area contributed by atoms with Gasteiger partial charge in [-0.15, -0.1) is 0 Å². The van der Waals surface area contributed by atoms with Crippen LogP contribution in [0.2, 0.25) is 10.0 Å². The van der Waals surface area contributed by atoms with Crippen molar-refractivity contribution in [3.63, 3.8) is 0 Å². The highest BCUT2D eigenvalue weighted by Crippen LogP contribution is 2.46. The minimum absolute atomic E-state index is 0.144. The van der Waals surface area contributed by atoms with Gasteiger partial charge in [0.2, 0.25) is 5.91 Å². The molecule has 3 aromatic carbocycles. The molecular formula is C26H20BrCl2N3O5. The van der Waals surface area contributed by atoms with E-state index in [0.717, 1.165) is 4.90 Å². The zero-order chi connectivity index (χ0) is 26.4. The van der Waals surface area contributed by atoms with Gasteiger partial charge in [-0.05, 0) is 48.5 Å². The fraction of sp³-hybridized carbons (Fsp3) is 0.192. The molecule has 3 aromatic rings. The molecule has 2 fully saturated rings. The van der Waals surface area contributed by atoms with Gasteiger partial charge in [-0.3, -0.25) is 19.4 Å². The van der Waals surface area contributed by atoms with Crippen molar-refractivity contribution in [1.29, 1.82) is 0 Å². The van der Waals surface area contributed by atoms with E-state index in [0.29, 0.717) is 32.1 Å². The monoisotopic (exact) mass is 603 g/mol. The van der Waals surface area contributed by atoms with Crippen molar-refractivity contribution < 1.29 is 23.9 Å². The largest absolute Gasteiger partial charge is 0.497 e. The number of amides is 3. The quantitative estimate of drug-likeness (QED) is 0.411. The van der Waals surface area contributed by atoms with Crippen molar-refractivity contribution >= 4 is 62.5 Å². The number of hydrogen-bond donors (Lipinski definition) is 1. The molecule has 190 valence electrons. The predicted molar refractivity (Wildman–Crippen MR) is 142 cm³/mol. The second-order valence-electron chi connectivity index (χ2n) is 8.48. The summed E-state index contributed by atoms with van der Waals surface area (Å²) in [5.41, 5.74) is 4.25. The second-order valence-corrected chi connectivity index (χ2v) is 10.2. The maximum atomic E-state index is 13.9. The Labute approximate surface area is 231 Å². The van der Waals surface area contributed by atoms with Crippen LogP contribution in [0.3, 0.4) is 0 Å². The van der Waals surface area contributed by atoms with Crippen molar-refractivity contribution in [2.75, 3.05) is 19.1 Å². The molecule has 11 heteroatoms. The van der Waals surface area contributed by atoms with Gasteiger partial charge in [0, 0.05) is 26.7 Å². The molecule has 2 saturated heterocycles. The first-order valence-electron chi connectivity index (χ1n) is 11.1. The maximum absolute atomic E-state index is 13.9. The maximum Gasteiger partial charge on any atom is 0.268 e. The van der Waals surface area contributed by atoms with Crippen LogP contribution < -0.4 is 19.8 Å². The molecule has 0 saturated carbocycles. The highest BCUT2D eigenvalue weighted by molar-refractivity contribution is 9.10. The lowest BCUT2D eigenvalue weighted by molar-refractivity contribution is -0.123. The number of carbonyl (C=O) groups excluding carboxylic acids is 3. The predicted octanol–water partition coefficient (Wildman–Crippen LogP) is 5.03. The summed E-state index contributed by atoms with van der Waals surface area (Å²) in [6.07, 6.45) is 0. The molecule has 2 aliphatic rings. The van der Waals surface area contributed by atoms with Crippen molar-refractivity contribution in [3.05, 3.63) is 86.3 Å². The Balaban J connectivity index is 1.63. The van der Waals surface area contributed by atoms with Crippen LogP contribution in [0.15, 0.2) is 65.1 Å². The molecule has 5 rings (SSSR count). The third kappa shape index (κ3) is 4.35. The van der Waals surface area contributed by atoms with Crippen molar-refractivity contribution in [2.45, 2.75) is 12.1 Å². The molecule has 1 N–H and O–H groups in total. The highest BCUT2D eigenvalue weighted by Gasteiger charge is 2.61. The number of hydrazine groups is 1. The third-order valence-corrected chi connectivity index (χ3v) is 7.48. The van der Waals surface area contributed by atoms with Crippen LogP contribution in [0, 0.1) is 5.92 Å².